The molecule has 49 heavy (non-hydrogen) atoms. The first-order valence-corrected chi connectivity index (χ1v) is 18.7. The van der Waals surface area contributed by atoms with Crippen LogP contribution in [-0.2, 0) is 4.74 Å². The highest BCUT2D eigenvalue weighted by atomic mass is 16.6. The summed E-state index contributed by atoms with van der Waals surface area (Å²) in [5, 5.41) is 0. The van der Waals surface area contributed by atoms with E-state index in [0.717, 1.165) is 40.5 Å². The Kier molecular flexibility index (Phi) is 10.6. The van der Waals surface area contributed by atoms with Crippen LogP contribution in [-0.4, -0.2) is 17.5 Å². The number of hydrogen-bond acceptors (Lipinski definition) is 4. The molecule has 0 spiro atoms. The van der Waals surface area contributed by atoms with E-state index < -0.39 is 5.60 Å². The number of allylic oxidation sites excluding steroid dienone is 3. The fourth-order valence-electron chi connectivity index (χ4n) is 8.43. The van der Waals surface area contributed by atoms with Gasteiger partial charge in [-0.15, -0.1) is 0 Å². The first-order chi connectivity index (χ1) is 23.5. The Morgan fingerprint density at radius 1 is 0.735 bits per heavy atom. The van der Waals surface area contributed by atoms with Crippen LogP contribution >= 0.6 is 0 Å². The predicted octanol–water partition coefficient (Wildman–Crippen LogP) is 12.0. The van der Waals surface area contributed by atoms with E-state index in [0.29, 0.717) is 28.7 Å². The van der Waals surface area contributed by atoms with Crippen LogP contribution < -0.4 is 4.74 Å². The van der Waals surface area contributed by atoms with Gasteiger partial charge >= 0.3 is 11.9 Å². The number of ether oxygens (including phenoxy) is 2. The van der Waals surface area contributed by atoms with Crippen molar-refractivity contribution in [1.82, 2.24) is 0 Å². The van der Waals surface area contributed by atoms with E-state index in [1.54, 1.807) is 0 Å². The third-order valence-corrected chi connectivity index (χ3v) is 11.4. The summed E-state index contributed by atoms with van der Waals surface area (Å²) in [6, 6.07) is 22.0. The van der Waals surface area contributed by atoms with E-state index in [4.69, 9.17) is 9.47 Å². The summed E-state index contributed by atoms with van der Waals surface area (Å²) < 4.78 is 12.1. The Balaban J connectivity index is 1.14. The molecule has 258 valence electrons. The molecule has 0 amide bonds. The van der Waals surface area contributed by atoms with Gasteiger partial charge in [-0.05, 0) is 152 Å². The largest absolute Gasteiger partial charge is 0.452 e. The second kappa shape index (κ2) is 14.9. The van der Waals surface area contributed by atoms with Gasteiger partial charge in [0.05, 0.1) is 11.1 Å². The Bertz CT molecular complexity index is 1690. The third-order valence-electron chi connectivity index (χ3n) is 11.4. The number of benzene rings is 3. The van der Waals surface area contributed by atoms with E-state index in [9.17, 15) is 9.59 Å². The van der Waals surface area contributed by atoms with Crippen LogP contribution in [0.1, 0.15) is 160 Å². The molecular formula is C45H54O4. The minimum Gasteiger partial charge on any atom is -0.452 e. The van der Waals surface area contributed by atoms with Gasteiger partial charge < -0.3 is 9.47 Å². The summed E-state index contributed by atoms with van der Waals surface area (Å²) in [7, 11) is 0. The number of rotatable bonds is 8. The Hall–Kier alpha value is -3.92. The smallest absolute Gasteiger partial charge is 0.343 e. The average molecular weight is 659 g/mol. The lowest BCUT2D eigenvalue weighted by atomic mass is 9.79. The van der Waals surface area contributed by atoms with E-state index in [2.05, 4.69) is 63.3 Å². The zero-order valence-electron chi connectivity index (χ0n) is 30.4. The SMILES string of the molecule is CC=C1/C(=C\C(C)(C)OC(=O)c2ccc(C3CCC(C)CC3)cc2)C(CC)c2cc(OC(=O)c3ccc(C4CCC(C)CC4)cc3)ccc21. The maximum Gasteiger partial charge on any atom is 0.343 e. The van der Waals surface area contributed by atoms with E-state index >= 15 is 0 Å². The molecule has 1 unspecified atom stereocenters. The lowest BCUT2D eigenvalue weighted by Gasteiger charge is -2.27. The Morgan fingerprint density at radius 3 is 1.73 bits per heavy atom. The van der Waals surface area contributed by atoms with E-state index in [-0.39, 0.29) is 17.9 Å². The summed E-state index contributed by atoms with van der Waals surface area (Å²) in [4.78, 5) is 26.6. The van der Waals surface area contributed by atoms with E-state index in [1.807, 2.05) is 57.2 Å². The Labute approximate surface area is 294 Å². The van der Waals surface area contributed by atoms with Crippen LogP contribution in [0.15, 0.2) is 84.5 Å². The predicted molar refractivity (Wildman–Crippen MR) is 199 cm³/mol. The number of carbonyl (C=O) groups is 2. The third kappa shape index (κ3) is 7.95. The van der Waals surface area contributed by atoms with Gasteiger partial charge in [0.1, 0.15) is 11.4 Å². The molecule has 3 aromatic carbocycles. The number of carbonyl (C=O) groups excluding carboxylic acids is 2. The van der Waals surface area contributed by atoms with Crippen LogP contribution in [0.3, 0.4) is 0 Å². The van der Waals surface area contributed by atoms with Gasteiger partial charge in [-0.1, -0.05) is 82.9 Å². The zero-order valence-corrected chi connectivity index (χ0v) is 30.4. The molecule has 4 heteroatoms. The molecule has 4 nitrogen and oxygen atoms in total. The highest BCUT2D eigenvalue weighted by Gasteiger charge is 2.34. The van der Waals surface area contributed by atoms with Crippen molar-refractivity contribution in [3.63, 3.8) is 0 Å². The van der Waals surface area contributed by atoms with Crippen molar-refractivity contribution in [2.45, 2.75) is 123 Å². The molecule has 6 rings (SSSR count). The normalized spacial score (nSPS) is 25.6. The van der Waals surface area contributed by atoms with Crippen LogP contribution in [0, 0.1) is 11.8 Å². The number of fused-ring (bicyclic) bond motifs is 1. The monoisotopic (exact) mass is 658 g/mol. The molecule has 0 aromatic heterocycles. The van der Waals surface area contributed by atoms with Crippen molar-refractivity contribution in [3.05, 3.63) is 118 Å². The lowest BCUT2D eigenvalue weighted by molar-refractivity contribution is 0.0171. The molecule has 3 aliphatic carbocycles. The molecule has 2 saturated carbocycles. The second-order valence-corrected chi connectivity index (χ2v) is 15.6. The summed E-state index contributed by atoms with van der Waals surface area (Å²) >= 11 is 0. The summed E-state index contributed by atoms with van der Waals surface area (Å²) in [6.45, 7) is 12.8. The fourth-order valence-corrected chi connectivity index (χ4v) is 8.43. The van der Waals surface area contributed by atoms with E-state index in [1.165, 1.54) is 62.5 Å². The van der Waals surface area contributed by atoms with Crippen LogP contribution in [0.5, 0.6) is 5.75 Å². The fraction of sp³-hybridized carbons (Fsp3) is 0.467. The molecule has 0 saturated heterocycles. The van der Waals surface area contributed by atoms with Gasteiger partial charge in [-0.2, -0.15) is 0 Å². The molecule has 0 aliphatic heterocycles. The number of hydrogen-bond donors (Lipinski definition) is 0. The van der Waals surface area contributed by atoms with Gasteiger partial charge in [-0.3, -0.25) is 0 Å². The van der Waals surface area contributed by atoms with Crippen LogP contribution in [0.25, 0.3) is 5.57 Å². The van der Waals surface area contributed by atoms with Crippen LogP contribution in [0.4, 0.5) is 0 Å². The van der Waals surface area contributed by atoms with Gasteiger partial charge in [0.15, 0.2) is 0 Å². The summed E-state index contributed by atoms with van der Waals surface area (Å²) in [5.74, 6) is 2.78. The second-order valence-electron chi connectivity index (χ2n) is 15.6. The summed E-state index contributed by atoms with van der Waals surface area (Å²) in [6.07, 6.45) is 15.1. The highest BCUT2D eigenvalue weighted by molar-refractivity contribution is 5.92. The van der Waals surface area contributed by atoms with Gasteiger partial charge in [0.2, 0.25) is 0 Å². The molecular weight excluding hydrogens is 604 g/mol. The topological polar surface area (TPSA) is 52.6 Å². The molecule has 0 bridgehead atoms. The van der Waals surface area contributed by atoms with Gasteiger partial charge in [0.25, 0.3) is 0 Å². The first-order valence-electron chi connectivity index (χ1n) is 18.7. The molecule has 3 aliphatic rings. The van der Waals surface area contributed by atoms with Crippen molar-refractivity contribution in [3.8, 4) is 5.75 Å². The maximum atomic E-state index is 13.3. The minimum atomic E-state index is -0.828. The molecule has 3 aromatic rings. The van der Waals surface area contributed by atoms with Crippen molar-refractivity contribution in [1.29, 1.82) is 0 Å². The molecule has 0 heterocycles. The van der Waals surface area contributed by atoms with Crippen molar-refractivity contribution >= 4 is 17.5 Å². The first kappa shape index (κ1) is 34.9. The average Bonchev–Trinajstić information content (AvgIpc) is 3.39. The van der Waals surface area contributed by atoms with Crippen molar-refractivity contribution < 1.29 is 19.1 Å². The zero-order chi connectivity index (χ0) is 34.7. The van der Waals surface area contributed by atoms with Crippen molar-refractivity contribution in [2.24, 2.45) is 11.8 Å². The molecule has 0 N–H and O–H groups in total. The molecule has 2 fully saturated rings. The van der Waals surface area contributed by atoms with Gasteiger partial charge in [0, 0.05) is 5.92 Å². The maximum absolute atomic E-state index is 13.3. The lowest BCUT2D eigenvalue weighted by Crippen LogP contribution is -2.26. The highest BCUT2D eigenvalue weighted by Crippen LogP contribution is 2.49. The summed E-state index contributed by atoms with van der Waals surface area (Å²) in [5.41, 5.74) is 7.48. The van der Waals surface area contributed by atoms with Crippen LogP contribution in [0.2, 0.25) is 0 Å². The molecule has 1 atom stereocenters. The molecule has 0 radical (unpaired) electrons. The number of esters is 2. The minimum absolute atomic E-state index is 0.0906. The quantitative estimate of drug-likeness (QED) is 0.178. The Morgan fingerprint density at radius 2 is 1.24 bits per heavy atom. The van der Waals surface area contributed by atoms with Gasteiger partial charge in [-0.25, -0.2) is 9.59 Å². The standard InChI is InChI=1S/C45H54O4/c1-7-38-40-26-25-37(48-43(46)35-21-17-33(18-22-35)31-13-9-29(3)10-14-31)27-41(40)39(8-2)42(38)28-45(5,6)49-44(47)36-23-19-34(20-24-36)32-15-11-30(4)12-16-32/h7,17-32,39H,8-16H2,1-6H3/b38-7?,42-28+. The van der Waals surface area contributed by atoms with Crippen molar-refractivity contribution in [2.75, 3.05) is 0 Å².